The number of nitrogens with zero attached hydrogens (tertiary/aromatic N) is 1. The summed E-state index contributed by atoms with van der Waals surface area (Å²) < 4.78 is 6.54. The maximum absolute atomic E-state index is 5.66. The zero-order valence-corrected chi connectivity index (χ0v) is 16.0. The fourth-order valence-corrected chi connectivity index (χ4v) is 3.37. The van der Waals surface area contributed by atoms with Crippen LogP contribution in [0.2, 0.25) is 0 Å². The first-order valence-electron chi connectivity index (χ1n) is 8.97. The van der Waals surface area contributed by atoms with Gasteiger partial charge in [-0.1, -0.05) is 0 Å². The van der Waals surface area contributed by atoms with Gasteiger partial charge in [0.2, 0.25) is 0 Å². The molecule has 0 radical (unpaired) electrons. The van der Waals surface area contributed by atoms with E-state index < -0.39 is 0 Å². The quantitative estimate of drug-likeness (QED) is 0.634. The predicted molar refractivity (Wildman–Crippen MR) is 99.6 cm³/mol. The molecule has 3 heteroatoms. The molecule has 130 valence electrons. The van der Waals surface area contributed by atoms with Crippen LogP contribution in [0.15, 0.2) is 72.4 Å². The third kappa shape index (κ3) is 5.68. The Morgan fingerprint density at radius 3 is 1.96 bits per heavy atom. The molecule has 2 aromatic rings. The maximum atomic E-state index is 5.66. The second-order valence-corrected chi connectivity index (χ2v) is 7.05. The van der Waals surface area contributed by atoms with Gasteiger partial charge in [0.15, 0.2) is 0 Å². The third-order valence-electron chi connectivity index (χ3n) is 4.35. The Kier molecular flexibility index (Phi) is 6.64. The molecule has 0 aliphatic heterocycles. The Bertz CT molecular complexity index is 666. The minimum atomic E-state index is 0.649. The van der Waals surface area contributed by atoms with Gasteiger partial charge in [-0.3, -0.25) is 0 Å². The Morgan fingerprint density at radius 2 is 1.52 bits per heavy atom. The molecule has 0 atom stereocenters. The van der Waals surface area contributed by atoms with Gasteiger partial charge < -0.3 is 0 Å². The first kappa shape index (κ1) is 18.1. The van der Waals surface area contributed by atoms with Crippen molar-refractivity contribution < 1.29 is 20.6 Å². The normalized spacial score (nSPS) is 14.4. The Morgan fingerprint density at radius 1 is 1.00 bits per heavy atom. The molecule has 0 heterocycles. The van der Waals surface area contributed by atoms with Gasteiger partial charge in [0, 0.05) is 0 Å². The molecule has 2 nitrogen and oxygen atoms in total. The summed E-state index contributed by atoms with van der Waals surface area (Å²) in [4.78, 5) is 2.50. The molecule has 25 heavy (non-hydrogen) atoms. The second-order valence-electron chi connectivity index (χ2n) is 6.42. The van der Waals surface area contributed by atoms with Gasteiger partial charge in [0.25, 0.3) is 0 Å². The molecule has 0 N–H and O–H groups in total. The van der Waals surface area contributed by atoms with Crippen LogP contribution in [0.3, 0.4) is 0 Å². The van der Waals surface area contributed by atoms with E-state index in [1.54, 1.807) is 0 Å². The zero-order valence-electron chi connectivity index (χ0n) is 14.7. The van der Waals surface area contributed by atoms with E-state index in [0.717, 1.165) is 17.7 Å². The van der Waals surface area contributed by atoms with Gasteiger partial charge in [-0.2, -0.15) is 0 Å². The van der Waals surface area contributed by atoms with Crippen LogP contribution in [-0.4, -0.2) is 16.1 Å². The van der Waals surface area contributed by atoms with E-state index in [1.165, 1.54) is 29.7 Å². The molecule has 0 spiro atoms. The van der Waals surface area contributed by atoms with Crippen LogP contribution in [0.4, 0.5) is 0 Å². The molecular weight excluding hydrogens is 346 g/mol. The molecule has 1 saturated carbocycles. The van der Waals surface area contributed by atoms with Gasteiger partial charge in [-0.05, 0) is 0 Å². The monoisotopic (exact) mass is 371 g/mol. The molecular formula is C22H25CrNO. The molecule has 0 amide bonds. The average molecular weight is 371 g/mol. The van der Waals surface area contributed by atoms with Crippen molar-refractivity contribution in [2.45, 2.75) is 32.9 Å². The van der Waals surface area contributed by atoms with E-state index in [2.05, 4.69) is 87.5 Å². The predicted octanol–water partition coefficient (Wildman–Crippen LogP) is 4.70. The summed E-state index contributed by atoms with van der Waals surface area (Å²) in [5.41, 5.74) is 4.06. The molecule has 1 aliphatic rings. The van der Waals surface area contributed by atoms with E-state index in [1.807, 2.05) is 6.92 Å². The standard InChI is InChI=1S/C22H25NO.Cr/c1-2-24-16-15-22(21-13-14-21)23(17-19-9-5-3-6-10-19)18-20-11-7-4-8-12-20;/h3-12,15,21H,2,13-14,17-18H2,1H3;/b22-15-;. The Balaban J connectivity index is 1.86. The number of rotatable bonds is 9. The van der Waals surface area contributed by atoms with Crippen LogP contribution in [0.1, 0.15) is 30.9 Å². The van der Waals surface area contributed by atoms with Gasteiger partial charge in [0.05, 0.1) is 0 Å². The molecule has 0 bridgehead atoms. The van der Waals surface area contributed by atoms with Gasteiger partial charge in [0.1, 0.15) is 0 Å². The van der Waals surface area contributed by atoms with Crippen LogP contribution in [0, 0.1) is 5.92 Å². The van der Waals surface area contributed by atoms with Gasteiger partial charge in [-0.15, -0.1) is 0 Å². The molecule has 2 aromatic carbocycles. The van der Waals surface area contributed by atoms with E-state index in [4.69, 9.17) is 4.74 Å². The topological polar surface area (TPSA) is 12.5 Å². The number of allylic oxidation sites excluding steroid dienone is 1. The number of ether oxygens (including phenoxy) is 1. The van der Waals surface area contributed by atoms with Crippen molar-refractivity contribution in [2.75, 3.05) is 6.61 Å². The first-order valence-corrected chi connectivity index (χ1v) is 9.61. The molecule has 3 rings (SSSR count). The van der Waals surface area contributed by atoms with E-state index >= 15 is 0 Å². The van der Waals surface area contributed by atoms with Crippen molar-refractivity contribution in [3.8, 4) is 0 Å². The first-order chi connectivity index (χ1) is 12.3. The minimum absolute atomic E-state index is 0.649. The summed E-state index contributed by atoms with van der Waals surface area (Å²) in [6.07, 6.45) is 4.74. The molecule has 1 aliphatic carbocycles. The SMILES string of the molecule is CCO[C](=[Cr])/C=C(/C1CC1)N(Cc1ccccc1)Cc1ccccc1. The number of benzene rings is 2. The average Bonchev–Trinajstić information content (AvgIpc) is 3.46. The third-order valence-corrected chi connectivity index (χ3v) is 4.71. The van der Waals surface area contributed by atoms with Crippen molar-refractivity contribution in [1.29, 1.82) is 0 Å². The van der Waals surface area contributed by atoms with Crippen LogP contribution < -0.4 is 0 Å². The van der Waals surface area contributed by atoms with Crippen LogP contribution >= 0.6 is 0 Å². The Hall–Kier alpha value is -1.66. The number of hydrogen-bond donors (Lipinski definition) is 0. The van der Waals surface area contributed by atoms with E-state index in [-0.39, 0.29) is 0 Å². The molecule has 0 aromatic heterocycles. The van der Waals surface area contributed by atoms with Crippen LogP contribution in [-0.2, 0) is 33.7 Å². The van der Waals surface area contributed by atoms with E-state index in [0.29, 0.717) is 12.5 Å². The molecule has 0 unspecified atom stereocenters. The molecule has 1 fully saturated rings. The second kappa shape index (κ2) is 9.15. The summed E-state index contributed by atoms with van der Waals surface area (Å²) in [6.45, 7) is 4.54. The summed E-state index contributed by atoms with van der Waals surface area (Å²) in [7, 11) is 0. The van der Waals surface area contributed by atoms with Crippen molar-refractivity contribution in [3.63, 3.8) is 0 Å². The van der Waals surface area contributed by atoms with Crippen LogP contribution in [0.25, 0.3) is 0 Å². The summed E-state index contributed by atoms with van der Waals surface area (Å²) >= 11 is 3.07. The fraction of sp³-hybridized carbons (Fsp3) is 0.318. The van der Waals surface area contributed by atoms with Crippen molar-refractivity contribution in [1.82, 2.24) is 4.90 Å². The van der Waals surface area contributed by atoms with Gasteiger partial charge >= 0.3 is 159 Å². The van der Waals surface area contributed by atoms with E-state index in [9.17, 15) is 0 Å². The summed E-state index contributed by atoms with van der Waals surface area (Å²) in [6, 6.07) is 21.4. The van der Waals surface area contributed by atoms with Crippen LogP contribution in [0.5, 0.6) is 0 Å². The van der Waals surface area contributed by atoms with Crippen molar-refractivity contribution in [2.24, 2.45) is 5.92 Å². The van der Waals surface area contributed by atoms with Crippen molar-refractivity contribution in [3.05, 3.63) is 83.6 Å². The fourth-order valence-electron chi connectivity index (χ4n) is 3.00. The van der Waals surface area contributed by atoms with Gasteiger partial charge in [-0.25, -0.2) is 0 Å². The summed E-state index contributed by atoms with van der Waals surface area (Å²) in [5, 5.41) is 0. The Labute approximate surface area is 159 Å². The van der Waals surface area contributed by atoms with Crippen molar-refractivity contribution >= 4 is 4.57 Å². The number of hydrogen-bond acceptors (Lipinski definition) is 2. The zero-order chi connectivity index (χ0) is 17.5. The summed E-state index contributed by atoms with van der Waals surface area (Å²) in [5.74, 6) is 0.649. The molecule has 0 saturated heterocycles.